The Morgan fingerprint density at radius 2 is 1.88 bits per heavy atom. The number of nitrogens with zero attached hydrogens (tertiary/aromatic N) is 2. The Hall–Kier alpha value is -1.18. The second-order valence-electron chi connectivity index (χ2n) is 7.20. The van der Waals surface area contributed by atoms with Crippen LogP contribution in [0.25, 0.3) is 0 Å². The van der Waals surface area contributed by atoms with Gasteiger partial charge in [0.1, 0.15) is 5.82 Å². The van der Waals surface area contributed by atoms with Crippen molar-refractivity contribution in [1.82, 2.24) is 4.31 Å². The van der Waals surface area contributed by atoms with Crippen LogP contribution in [0, 0.1) is 17.7 Å². The van der Waals surface area contributed by atoms with Gasteiger partial charge >= 0.3 is 10.2 Å². The van der Waals surface area contributed by atoms with E-state index in [9.17, 15) is 17.9 Å². The largest absolute Gasteiger partial charge is 0.388 e. The third-order valence-corrected chi connectivity index (χ3v) is 6.78. The van der Waals surface area contributed by atoms with Crippen LogP contribution in [-0.2, 0) is 10.2 Å². The highest BCUT2D eigenvalue weighted by molar-refractivity contribution is 7.90. The van der Waals surface area contributed by atoms with Crippen LogP contribution in [0.1, 0.15) is 44.8 Å². The molecule has 1 N–H and O–H groups in total. The van der Waals surface area contributed by atoms with E-state index >= 15 is 0 Å². The third kappa shape index (κ3) is 3.30. The van der Waals surface area contributed by atoms with E-state index < -0.39 is 22.1 Å². The monoisotopic (exact) mass is 356 g/mol. The van der Waals surface area contributed by atoms with Crippen molar-refractivity contribution in [1.29, 1.82) is 0 Å². The summed E-state index contributed by atoms with van der Waals surface area (Å²) in [5.41, 5.74) is 0.751. The van der Waals surface area contributed by atoms with Gasteiger partial charge < -0.3 is 5.11 Å². The standard InChI is InChI=1S/C17H25FN2O3S/c1-12-8-13(2)11-19(10-12)24(22,23)20-7-3-4-17(21)15-9-14(18)5-6-16(15)20/h5-6,9,12-13,17,21H,3-4,7-8,10-11H2,1-2H3/t12-,13+,17-/m0/s1. The van der Waals surface area contributed by atoms with E-state index in [1.807, 2.05) is 0 Å². The predicted octanol–water partition coefficient (Wildman–Crippen LogP) is 2.68. The van der Waals surface area contributed by atoms with E-state index in [1.165, 1.54) is 26.8 Å². The number of hydrogen-bond donors (Lipinski definition) is 1. The molecular formula is C17H25FN2O3S. The van der Waals surface area contributed by atoms with E-state index in [1.54, 1.807) is 0 Å². The maximum atomic E-state index is 13.6. The molecule has 7 heteroatoms. The second-order valence-corrected chi connectivity index (χ2v) is 9.06. The molecule has 2 heterocycles. The molecule has 2 aliphatic rings. The summed E-state index contributed by atoms with van der Waals surface area (Å²) in [4.78, 5) is 0. The highest BCUT2D eigenvalue weighted by Crippen LogP contribution is 2.36. The van der Waals surface area contributed by atoms with E-state index in [0.717, 1.165) is 6.42 Å². The second kappa shape index (κ2) is 6.61. The molecule has 0 amide bonds. The molecule has 1 aromatic rings. The van der Waals surface area contributed by atoms with Gasteiger partial charge in [0.2, 0.25) is 0 Å². The summed E-state index contributed by atoms with van der Waals surface area (Å²) in [6.07, 6.45) is 1.15. The summed E-state index contributed by atoms with van der Waals surface area (Å²) in [6.45, 7) is 5.43. The Labute approximate surface area is 143 Å². The maximum Gasteiger partial charge on any atom is 0.304 e. The van der Waals surface area contributed by atoms with E-state index in [2.05, 4.69) is 13.8 Å². The van der Waals surface area contributed by atoms with Crippen LogP contribution in [0.15, 0.2) is 18.2 Å². The SMILES string of the molecule is C[C@@H]1C[C@H](C)CN(S(=O)(=O)N2CCC[C@H](O)c3cc(F)ccc32)C1. The summed E-state index contributed by atoms with van der Waals surface area (Å²) in [5.74, 6) is 0.162. The van der Waals surface area contributed by atoms with Gasteiger partial charge in [-0.05, 0) is 49.3 Å². The number of benzene rings is 1. The van der Waals surface area contributed by atoms with Gasteiger partial charge in [0, 0.05) is 25.2 Å². The Bertz CT molecular complexity index is 700. The van der Waals surface area contributed by atoms with Gasteiger partial charge in [-0.15, -0.1) is 0 Å². The van der Waals surface area contributed by atoms with Crippen LogP contribution in [0.2, 0.25) is 0 Å². The molecule has 1 fully saturated rings. The Morgan fingerprint density at radius 1 is 1.21 bits per heavy atom. The zero-order valence-corrected chi connectivity index (χ0v) is 15.0. The summed E-state index contributed by atoms with van der Waals surface area (Å²) >= 11 is 0. The zero-order valence-electron chi connectivity index (χ0n) is 14.2. The molecular weight excluding hydrogens is 331 g/mol. The third-order valence-electron chi connectivity index (χ3n) is 4.90. The van der Waals surface area contributed by atoms with E-state index in [4.69, 9.17) is 0 Å². The Morgan fingerprint density at radius 3 is 2.54 bits per heavy atom. The smallest absolute Gasteiger partial charge is 0.304 e. The highest BCUT2D eigenvalue weighted by Gasteiger charge is 2.37. The number of aliphatic hydroxyl groups is 1. The summed E-state index contributed by atoms with van der Waals surface area (Å²) < 4.78 is 42.9. The van der Waals surface area contributed by atoms with Crippen molar-refractivity contribution < 1.29 is 17.9 Å². The average Bonchev–Trinajstić information content (AvgIpc) is 2.66. The number of hydrogen-bond acceptors (Lipinski definition) is 3. The lowest BCUT2D eigenvalue weighted by Crippen LogP contribution is -2.50. The lowest BCUT2D eigenvalue weighted by atomic mass is 9.94. The summed E-state index contributed by atoms with van der Waals surface area (Å²) in [5, 5.41) is 10.2. The average molecular weight is 356 g/mol. The van der Waals surface area contributed by atoms with Crippen molar-refractivity contribution in [3.63, 3.8) is 0 Å². The van der Waals surface area contributed by atoms with E-state index in [-0.39, 0.29) is 0 Å². The first-order chi connectivity index (χ1) is 11.3. The molecule has 0 aliphatic carbocycles. The van der Waals surface area contributed by atoms with Gasteiger partial charge in [-0.2, -0.15) is 12.7 Å². The highest BCUT2D eigenvalue weighted by atomic mass is 32.2. The fourth-order valence-corrected chi connectivity index (χ4v) is 5.84. The fourth-order valence-electron chi connectivity index (χ4n) is 3.90. The minimum Gasteiger partial charge on any atom is -0.388 e. The van der Waals surface area contributed by atoms with Crippen LogP contribution >= 0.6 is 0 Å². The van der Waals surface area contributed by atoms with Crippen LogP contribution in [-0.4, -0.2) is 37.5 Å². The quantitative estimate of drug-likeness (QED) is 0.886. The molecule has 134 valence electrons. The van der Waals surface area contributed by atoms with Gasteiger partial charge in [0.05, 0.1) is 11.8 Å². The fraction of sp³-hybridized carbons (Fsp3) is 0.647. The normalized spacial score (nSPS) is 29.2. The van der Waals surface area contributed by atoms with Crippen molar-refractivity contribution in [2.24, 2.45) is 11.8 Å². The molecule has 0 saturated carbocycles. The van der Waals surface area contributed by atoms with Gasteiger partial charge in [-0.25, -0.2) is 4.39 Å². The molecule has 1 aromatic carbocycles. The number of piperidine rings is 1. The summed E-state index contributed by atoms with van der Waals surface area (Å²) in [7, 11) is -3.69. The maximum absolute atomic E-state index is 13.6. The molecule has 0 unspecified atom stereocenters. The van der Waals surface area contributed by atoms with Crippen molar-refractivity contribution in [2.75, 3.05) is 23.9 Å². The van der Waals surface area contributed by atoms with Crippen LogP contribution in [0.5, 0.6) is 0 Å². The molecule has 2 aliphatic heterocycles. The number of fused-ring (bicyclic) bond motifs is 1. The van der Waals surface area contributed by atoms with Gasteiger partial charge in [0.25, 0.3) is 0 Å². The minimum atomic E-state index is -3.69. The molecule has 0 spiro atoms. The first-order valence-electron chi connectivity index (χ1n) is 8.54. The number of halogens is 1. The van der Waals surface area contributed by atoms with Crippen molar-refractivity contribution >= 4 is 15.9 Å². The van der Waals surface area contributed by atoms with Crippen molar-refractivity contribution in [2.45, 2.75) is 39.2 Å². The van der Waals surface area contributed by atoms with Gasteiger partial charge in [-0.1, -0.05) is 13.8 Å². The number of rotatable bonds is 2. The van der Waals surface area contributed by atoms with Gasteiger partial charge in [0.15, 0.2) is 0 Å². The molecule has 5 nitrogen and oxygen atoms in total. The number of aliphatic hydroxyl groups excluding tert-OH is 1. The first kappa shape index (κ1) is 17.6. The van der Waals surface area contributed by atoms with Crippen molar-refractivity contribution in [3.05, 3.63) is 29.6 Å². The Balaban J connectivity index is 2.00. The topological polar surface area (TPSA) is 60.9 Å². The van der Waals surface area contributed by atoms with Crippen LogP contribution in [0.4, 0.5) is 10.1 Å². The molecule has 24 heavy (non-hydrogen) atoms. The molecule has 0 aromatic heterocycles. The molecule has 3 atom stereocenters. The minimum absolute atomic E-state index is 0.303. The zero-order chi connectivity index (χ0) is 17.5. The first-order valence-corrected chi connectivity index (χ1v) is 9.94. The molecule has 0 bridgehead atoms. The van der Waals surface area contributed by atoms with E-state index in [0.29, 0.717) is 55.6 Å². The number of anilines is 1. The Kier molecular flexibility index (Phi) is 4.86. The summed E-state index contributed by atoms with van der Waals surface area (Å²) in [6, 6.07) is 3.96. The lowest BCUT2D eigenvalue weighted by molar-refractivity contribution is 0.168. The molecule has 1 saturated heterocycles. The van der Waals surface area contributed by atoms with Crippen LogP contribution in [0.3, 0.4) is 0 Å². The van der Waals surface area contributed by atoms with Gasteiger partial charge in [-0.3, -0.25) is 4.31 Å². The van der Waals surface area contributed by atoms with Crippen molar-refractivity contribution in [3.8, 4) is 0 Å². The predicted molar refractivity (Wildman–Crippen MR) is 91.4 cm³/mol. The van der Waals surface area contributed by atoms with Crippen LogP contribution < -0.4 is 4.31 Å². The lowest BCUT2D eigenvalue weighted by Gasteiger charge is -2.38. The molecule has 0 radical (unpaired) electrons. The molecule has 3 rings (SSSR count).